The summed E-state index contributed by atoms with van der Waals surface area (Å²) in [4.78, 5) is 26.3. The lowest BCUT2D eigenvalue weighted by atomic mass is 10.1. The number of nitrogens with one attached hydrogen (secondary N) is 2. The number of hydrogen-bond acceptors (Lipinski definition) is 4. The molecule has 0 radical (unpaired) electrons. The maximum absolute atomic E-state index is 12.8. The van der Waals surface area contributed by atoms with Gasteiger partial charge in [0.05, 0.1) is 7.11 Å². The van der Waals surface area contributed by atoms with Gasteiger partial charge in [0.2, 0.25) is 0 Å². The maximum Gasteiger partial charge on any atom is 0.267 e. The molecule has 0 aliphatic carbocycles. The van der Waals surface area contributed by atoms with Gasteiger partial charge in [0.15, 0.2) is 0 Å². The molecule has 1 heterocycles. The van der Waals surface area contributed by atoms with E-state index in [1.807, 2.05) is 60.8 Å². The highest BCUT2D eigenvalue weighted by Crippen LogP contribution is 2.14. The molecular weight excluding hydrogens is 396 g/mol. The number of aryl methyl sites for hydroxylation is 1. The van der Waals surface area contributed by atoms with Gasteiger partial charge in [-0.2, -0.15) is 0 Å². The lowest BCUT2D eigenvalue weighted by Crippen LogP contribution is -2.35. The van der Waals surface area contributed by atoms with Crippen LogP contribution in [0.1, 0.15) is 26.4 Å². The van der Waals surface area contributed by atoms with Crippen LogP contribution in [0.3, 0.4) is 0 Å². The van der Waals surface area contributed by atoms with Crippen LogP contribution in [0.25, 0.3) is 6.08 Å². The summed E-state index contributed by atoms with van der Waals surface area (Å²) in [7, 11) is 1.63. The summed E-state index contributed by atoms with van der Waals surface area (Å²) < 4.78 is 5.16. The van der Waals surface area contributed by atoms with Crippen LogP contribution in [-0.2, 0) is 11.2 Å². The maximum atomic E-state index is 12.8. The summed E-state index contributed by atoms with van der Waals surface area (Å²) in [6.07, 6.45) is 2.37. The second-order valence-corrected chi connectivity index (χ2v) is 7.73. The van der Waals surface area contributed by atoms with Gasteiger partial charge >= 0.3 is 0 Å². The van der Waals surface area contributed by atoms with Crippen molar-refractivity contribution in [2.24, 2.45) is 0 Å². The van der Waals surface area contributed by atoms with E-state index >= 15 is 0 Å². The molecule has 0 fully saturated rings. The molecule has 0 atom stereocenters. The summed E-state index contributed by atoms with van der Waals surface area (Å²) in [5.41, 5.74) is 2.88. The van der Waals surface area contributed by atoms with Gasteiger partial charge in [-0.15, -0.1) is 11.3 Å². The van der Waals surface area contributed by atoms with Crippen molar-refractivity contribution >= 4 is 29.2 Å². The molecule has 0 saturated carbocycles. The summed E-state index contributed by atoms with van der Waals surface area (Å²) >= 11 is 1.50. The van der Waals surface area contributed by atoms with E-state index in [-0.39, 0.29) is 17.5 Å². The molecule has 2 amide bonds. The van der Waals surface area contributed by atoms with Gasteiger partial charge in [0.1, 0.15) is 11.4 Å². The summed E-state index contributed by atoms with van der Waals surface area (Å²) in [5, 5.41) is 7.57. The van der Waals surface area contributed by atoms with E-state index in [4.69, 9.17) is 4.74 Å². The molecule has 2 aromatic carbocycles. The predicted molar refractivity (Wildman–Crippen MR) is 121 cm³/mol. The van der Waals surface area contributed by atoms with E-state index in [0.29, 0.717) is 18.5 Å². The number of hydrogen-bond donors (Lipinski definition) is 2. The molecular formula is C24H24N2O3S. The molecule has 0 spiro atoms. The van der Waals surface area contributed by atoms with Crippen LogP contribution in [0, 0.1) is 6.92 Å². The average Bonchev–Trinajstić information content (AvgIpc) is 3.27. The number of ether oxygens (including phenoxy) is 1. The molecule has 5 nitrogen and oxygen atoms in total. The third kappa shape index (κ3) is 6.06. The molecule has 0 aliphatic rings. The number of benzene rings is 2. The molecule has 0 saturated heterocycles. The van der Waals surface area contributed by atoms with Gasteiger partial charge < -0.3 is 15.4 Å². The van der Waals surface area contributed by atoms with Gasteiger partial charge in [-0.25, -0.2) is 0 Å². The number of carbonyl (C=O) groups excluding carboxylic acids is 2. The van der Waals surface area contributed by atoms with E-state index in [0.717, 1.165) is 21.8 Å². The zero-order valence-corrected chi connectivity index (χ0v) is 17.8. The van der Waals surface area contributed by atoms with Crippen molar-refractivity contribution in [2.75, 3.05) is 13.7 Å². The Morgan fingerprint density at radius 2 is 1.77 bits per heavy atom. The van der Waals surface area contributed by atoms with E-state index < -0.39 is 0 Å². The smallest absolute Gasteiger partial charge is 0.267 e. The van der Waals surface area contributed by atoms with Crippen LogP contribution >= 0.6 is 11.3 Å². The largest absolute Gasteiger partial charge is 0.497 e. The van der Waals surface area contributed by atoms with Crippen LogP contribution in [0.4, 0.5) is 0 Å². The Kier molecular flexibility index (Phi) is 7.40. The highest BCUT2D eigenvalue weighted by atomic mass is 32.1. The summed E-state index contributed by atoms with van der Waals surface area (Å²) in [6.45, 7) is 2.41. The van der Waals surface area contributed by atoms with Gasteiger partial charge in [-0.3, -0.25) is 9.59 Å². The topological polar surface area (TPSA) is 67.4 Å². The Hall–Kier alpha value is -3.38. The predicted octanol–water partition coefficient (Wildman–Crippen LogP) is 4.19. The first-order chi connectivity index (χ1) is 14.5. The SMILES string of the molecule is COc1ccc(CCNC(=O)/C(=C/c2cccs2)NC(=O)c2ccc(C)cc2)cc1. The lowest BCUT2D eigenvalue weighted by Gasteiger charge is -2.11. The van der Waals surface area contributed by atoms with E-state index in [1.165, 1.54) is 11.3 Å². The Morgan fingerprint density at radius 3 is 2.40 bits per heavy atom. The van der Waals surface area contributed by atoms with Gasteiger partial charge in [-0.05, 0) is 60.7 Å². The van der Waals surface area contributed by atoms with Crippen LogP contribution in [0.15, 0.2) is 71.7 Å². The summed E-state index contributed by atoms with van der Waals surface area (Å²) in [6, 6.07) is 18.7. The highest BCUT2D eigenvalue weighted by molar-refractivity contribution is 7.10. The number of methoxy groups -OCH3 is 1. The molecule has 0 aliphatic heterocycles. The van der Waals surface area contributed by atoms with Crippen molar-refractivity contribution < 1.29 is 14.3 Å². The molecule has 6 heteroatoms. The minimum atomic E-state index is -0.322. The minimum Gasteiger partial charge on any atom is -0.497 e. The van der Waals surface area contributed by atoms with Crippen LogP contribution in [0.5, 0.6) is 5.75 Å². The van der Waals surface area contributed by atoms with Crippen molar-refractivity contribution in [1.29, 1.82) is 0 Å². The van der Waals surface area contributed by atoms with Gasteiger partial charge in [0.25, 0.3) is 11.8 Å². The molecule has 1 aromatic heterocycles. The van der Waals surface area contributed by atoms with E-state index in [2.05, 4.69) is 10.6 Å². The second kappa shape index (κ2) is 10.4. The van der Waals surface area contributed by atoms with Crippen LogP contribution in [-0.4, -0.2) is 25.5 Å². The van der Waals surface area contributed by atoms with Crippen molar-refractivity contribution in [3.63, 3.8) is 0 Å². The van der Waals surface area contributed by atoms with Gasteiger partial charge in [-0.1, -0.05) is 35.9 Å². The van der Waals surface area contributed by atoms with Crippen molar-refractivity contribution in [2.45, 2.75) is 13.3 Å². The third-order valence-electron chi connectivity index (χ3n) is 4.49. The van der Waals surface area contributed by atoms with Crippen molar-refractivity contribution in [3.05, 3.63) is 93.3 Å². The molecule has 3 rings (SSSR count). The molecule has 3 aromatic rings. The van der Waals surface area contributed by atoms with E-state index in [1.54, 1.807) is 25.3 Å². The number of thiophene rings is 1. The van der Waals surface area contributed by atoms with Crippen LogP contribution < -0.4 is 15.4 Å². The Labute approximate surface area is 180 Å². The molecule has 30 heavy (non-hydrogen) atoms. The fourth-order valence-electron chi connectivity index (χ4n) is 2.78. The zero-order valence-electron chi connectivity index (χ0n) is 17.0. The number of amides is 2. The zero-order chi connectivity index (χ0) is 21.3. The molecule has 2 N–H and O–H groups in total. The number of carbonyl (C=O) groups is 2. The standard InChI is InChI=1S/C24H24N2O3S/c1-17-5-9-19(10-6-17)23(27)26-22(16-21-4-3-15-30-21)24(28)25-14-13-18-7-11-20(29-2)12-8-18/h3-12,15-16H,13-14H2,1-2H3,(H,25,28)(H,26,27)/b22-16-. The number of rotatable bonds is 8. The third-order valence-corrected chi connectivity index (χ3v) is 5.31. The van der Waals surface area contributed by atoms with Crippen molar-refractivity contribution in [3.8, 4) is 5.75 Å². The lowest BCUT2D eigenvalue weighted by molar-refractivity contribution is -0.117. The highest BCUT2D eigenvalue weighted by Gasteiger charge is 2.14. The van der Waals surface area contributed by atoms with Crippen molar-refractivity contribution in [1.82, 2.24) is 10.6 Å². The molecule has 0 bridgehead atoms. The normalized spacial score (nSPS) is 11.1. The Morgan fingerprint density at radius 1 is 1.03 bits per heavy atom. The van der Waals surface area contributed by atoms with E-state index in [9.17, 15) is 9.59 Å². The second-order valence-electron chi connectivity index (χ2n) is 6.75. The fraction of sp³-hybridized carbons (Fsp3) is 0.167. The van der Waals surface area contributed by atoms with Gasteiger partial charge in [0, 0.05) is 17.0 Å². The molecule has 154 valence electrons. The Bertz CT molecular complexity index is 1010. The monoisotopic (exact) mass is 420 g/mol. The Balaban J connectivity index is 1.66. The first kappa shape index (κ1) is 21.3. The summed E-state index contributed by atoms with van der Waals surface area (Å²) in [5.74, 6) is 0.156. The minimum absolute atomic E-state index is 0.220. The first-order valence-electron chi connectivity index (χ1n) is 9.59. The van der Waals surface area contributed by atoms with Crippen LogP contribution in [0.2, 0.25) is 0 Å². The average molecular weight is 421 g/mol. The fourth-order valence-corrected chi connectivity index (χ4v) is 3.44. The first-order valence-corrected chi connectivity index (χ1v) is 10.5. The molecule has 0 unspecified atom stereocenters. The quantitative estimate of drug-likeness (QED) is 0.537.